The molecular weight excluding hydrogens is 594 g/mol. The van der Waals surface area contributed by atoms with Crippen molar-refractivity contribution in [2.45, 2.75) is 37.8 Å². The van der Waals surface area contributed by atoms with Crippen LogP contribution in [-0.4, -0.2) is 12.1 Å². The SMILES string of the molecule is c1ccc(P(=N[C@@H]2CCCC[C@H]2N=P(c2ccccc2)(c2ccccc2)c2ccccc2)(c2ccccc2)c2ccccc2)cc1. The lowest BCUT2D eigenvalue weighted by Gasteiger charge is -2.36. The van der Waals surface area contributed by atoms with Crippen LogP contribution in [0.4, 0.5) is 0 Å². The molecule has 6 aromatic carbocycles. The van der Waals surface area contributed by atoms with E-state index in [1.165, 1.54) is 44.7 Å². The molecule has 1 saturated carbocycles. The molecule has 0 heterocycles. The van der Waals surface area contributed by atoms with E-state index in [0.717, 1.165) is 12.8 Å². The molecule has 4 heteroatoms. The van der Waals surface area contributed by atoms with Crippen molar-refractivity contribution in [2.75, 3.05) is 0 Å². The van der Waals surface area contributed by atoms with E-state index < -0.39 is 14.1 Å². The Labute approximate surface area is 274 Å². The highest BCUT2D eigenvalue weighted by molar-refractivity contribution is 7.87. The van der Waals surface area contributed by atoms with E-state index >= 15 is 0 Å². The third-order valence-electron chi connectivity index (χ3n) is 9.12. The fourth-order valence-corrected chi connectivity index (χ4v) is 14.6. The maximum atomic E-state index is 6.16. The van der Waals surface area contributed by atoms with Crippen molar-refractivity contribution in [3.8, 4) is 0 Å². The van der Waals surface area contributed by atoms with Gasteiger partial charge in [0.1, 0.15) is 0 Å². The van der Waals surface area contributed by atoms with Crippen LogP contribution in [0.3, 0.4) is 0 Å². The summed E-state index contributed by atoms with van der Waals surface area (Å²) in [7, 11) is -4.73. The molecule has 0 aliphatic heterocycles. The summed E-state index contributed by atoms with van der Waals surface area (Å²) in [6, 6.07) is 66.5. The summed E-state index contributed by atoms with van der Waals surface area (Å²) in [5.41, 5.74) is 0. The number of hydrogen-bond donors (Lipinski definition) is 0. The van der Waals surface area contributed by atoms with Crippen molar-refractivity contribution in [1.29, 1.82) is 0 Å². The molecule has 1 aliphatic carbocycles. The van der Waals surface area contributed by atoms with Crippen molar-refractivity contribution in [2.24, 2.45) is 9.49 Å². The van der Waals surface area contributed by atoms with Gasteiger partial charge in [-0.1, -0.05) is 195 Å². The van der Waals surface area contributed by atoms with Crippen LogP contribution < -0.4 is 31.8 Å². The second-order valence-electron chi connectivity index (χ2n) is 11.9. The molecule has 228 valence electrons. The van der Waals surface area contributed by atoms with E-state index in [4.69, 9.17) is 9.49 Å². The van der Waals surface area contributed by atoms with Crippen molar-refractivity contribution >= 4 is 45.9 Å². The molecule has 0 saturated heterocycles. The zero-order valence-electron chi connectivity index (χ0n) is 26.1. The largest absolute Gasteiger partial charge is 0.284 e. The lowest BCUT2D eigenvalue weighted by atomic mass is 9.92. The Morgan fingerprint density at radius 1 is 0.304 bits per heavy atom. The molecule has 7 rings (SSSR count). The van der Waals surface area contributed by atoms with Crippen molar-refractivity contribution in [3.05, 3.63) is 182 Å². The maximum absolute atomic E-state index is 6.16. The number of benzene rings is 6. The van der Waals surface area contributed by atoms with Crippen LogP contribution in [0.5, 0.6) is 0 Å². The number of rotatable bonds is 8. The zero-order valence-corrected chi connectivity index (χ0v) is 27.9. The molecule has 0 spiro atoms. The van der Waals surface area contributed by atoms with Crippen molar-refractivity contribution in [1.82, 2.24) is 0 Å². The Morgan fingerprint density at radius 3 is 0.696 bits per heavy atom. The van der Waals surface area contributed by atoms with Gasteiger partial charge in [-0.3, -0.25) is 9.49 Å². The fourth-order valence-electron chi connectivity index (χ4n) is 6.96. The van der Waals surface area contributed by atoms with E-state index in [1.807, 2.05) is 0 Å². The first-order valence-electron chi connectivity index (χ1n) is 16.4. The predicted molar refractivity (Wildman–Crippen MR) is 201 cm³/mol. The average molecular weight is 635 g/mol. The van der Waals surface area contributed by atoms with Gasteiger partial charge in [0.05, 0.1) is 26.2 Å². The highest BCUT2D eigenvalue weighted by Gasteiger charge is 2.35. The van der Waals surface area contributed by atoms with Gasteiger partial charge in [0.15, 0.2) is 0 Å². The summed E-state index contributed by atoms with van der Waals surface area (Å²) >= 11 is 0. The van der Waals surface area contributed by atoms with Crippen LogP contribution in [0.1, 0.15) is 25.7 Å². The maximum Gasteiger partial charge on any atom is 0.0718 e. The molecule has 0 radical (unpaired) electrons. The number of hydrogen-bond acceptors (Lipinski definition) is 2. The molecule has 1 fully saturated rings. The van der Waals surface area contributed by atoms with Crippen LogP contribution in [0.15, 0.2) is 191 Å². The summed E-state index contributed by atoms with van der Waals surface area (Å²) in [6.07, 6.45) is 4.43. The predicted octanol–water partition coefficient (Wildman–Crippen LogP) is 8.65. The van der Waals surface area contributed by atoms with Crippen LogP contribution in [0.25, 0.3) is 0 Å². The van der Waals surface area contributed by atoms with E-state index in [1.54, 1.807) is 0 Å². The van der Waals surface area contributed by atoms with Gasteiger partial charge >= 0.3 is 0 Å². The Bertz CT molecular complexity index is 1590. The molecule has 0 unspecified atom stereocenters. The third-order valence-corrected chi connectivity index (χ3v) is 16.7. The molecule has 0 aromatic heterocycles. The van der Waals surface area contributed by atoms with Gasteiger partial charge in [-0.15, -0.1) is 0 Å². The summed E-state index contributed by atoms with van der Waals surface area (Å²) in [5, 5.41) is 7.79. The lowest BCUT2D eigenvalue weighted by molar-refractivity contribution is 0.393. The molecule has 0 amide bonds. The van der Waals surface area contributed by atoms with Gasteiger partial charge in [-0.05, 0) is 12.8 Å². The first-order chi connectivity index (χ1) is 22.8. The molecule has 1 aliphatic rings. The van der Waals surface area contributed by atoms with Crippen LogP contribution in [0, 0.1) is 0 Å². The average Bonchev–Trinajstić information content (AvgIpc) is 3.15. The van der Waals surface area contributed by atoms with Crippen LogP contribution in [0.2, 0.25) is 0 Å². The van der Waals surface area contributed by atoms with Crippen LogP contribution in [-0.2, 0) is 0 Å². The molecule has 46 heavy (non-hydrogen) atoms. The minimum atomic E-state index is -2.36. The highest BCUT2D eigenvalue weighted by Crippen LogP contribution is 2.52. The van der Waals surface area contributed by atoms with Gasteiger partial charge < -0.3 is 0 Å². The van der Waals surface area contributed by atoms with Crippen LogP contribution >= 0.6 is 14.1 Å². The minimum Gasteiger partial charge on any atom is -0.284 e. The summed E-state index contributed by atoms with van der Waals surface area (Å²) < 4.78 is 12.3. The van der Waals surface area contributed by atoms with E-state index in [0.29, 0.717) is 0 Å². The van der Waals surface area contributed by atoms with Gasteiger partial charge in [0, 0.05) is 31.8 Å². The highest BCUT2D eigenvalue weighted by atomic mass is 31.2. The van der Waals surface area contributed by atoms with E-state index in [2.05, 4.69) is 182 Å². The molecule has 2 nitrogen and oxygen atoms in total. The summed E-state index contributed by atoms with van der Waals surface area (Å²) in [5.74, 6) is 0. The third kappa shape index (κ3) is 5.89. The summed E-state index contributed by atoms with van der Waals surface area (Å²) in [6.45, 7) is 0. The molecular formula is C42H40N2P2. The molecule has 2 atom stereocenters. The van der Waals surface area contributed by atoms with Crippen molar-refractivity contribution in [3.63, 3.8) is 0 Å². The molecule has 6 aromatic rings. The standard InChI is InChI=1S/C42H40N2P2/c1-7-21-35(22-8-1)45(36-23-9-2-10-24-36,37-25-11-3-12-26-37)43-41-33-19-20-34-42(41)44-46(38-27-13-4-14-28-38,39-29-15-5-16-30-39)40-31-17-6-18-32-40/h1-18,21-32,41-42H,19-20,33-34H2/t41-,42-/m1/s1. The molecule has 0 N–H and O–H groups in total. The Hall–Kier alpha value is -4.22. The Balaban J connectivity index is 1.53. The van der Waals surface area contributed by atoms with Gasteiger partial charge in [-0.2, -0.15) is 0 Å². The normalized spacial score (nSPS) is 16.8. The Morgan fingerprint density at radius 2 is 0.500 bits per heavy atom. The van der Waals surface area contributed by atoms with Crippen molar-refractivity contribution < 1.29 is 0 Å². The van der Waals surface area contributed by atoms with E-state index in [9.17, 15) is 0 Å². The van der Waals surface area contributed by atoms with Gasteiger partial charge in [-0.25, -0.2) is 0 Å². The second kappa shape index (κ2) is 14.0. The monoisotopic (exact) mass is 634 g/mol. The lowest BCUT2D eigenvalue weighted by Crippen LogP contribution is -2.33. The number of nitrogens with zero attached hydrogens (tertiary/aromatic N) is 2. The van der Waals surface area contributed by atoms with E-state index in [-0.39, 0.29) is 12.1 Å². The van der Waals surface area contributed by atoms with Gasteiger partial charge in [0.2, 0.25) is 0 Å². The Kier molecular flexibility index (Phi) is 9.29. The second-order valence-corrected chi connectivity index (χ2v) is 18.0. The zero-order chi connectivity index (χ0) is 31.1. The minimum absolute atomic E-state index is 0.0956. The smallest absolute Gasteiger partial charge is 0.0718 e. The molecule has 0 bridgehead atoms. The first kappa shape index (κ1) is 30.4. The van der Waals surface area contributed by atoms with Gasteiger partial charge in [0.25, 0.3) is 0 Å². The topological polar surface area (TPSA) is 24.7 Å². The summed E-state index contributed by atoms with van der Waals surface area (Å²) in [4.78, 5) is 0. The quantitative estimate of drug-likeness (QED) is 0.150. The first-order valence-corrected chi connectivity index (χ1v) is 19.9. The fraction of sp³-hybridized carbons (Fsp3) is 0.143.